The van der Waals surface area contributed by atoms with Crippen molar-refractivity contribution in [2.75, 3.05) is 4.90 Å². The Morgan fingerprint density at radius 3 is 2.75 bits per heavy atom. The van der Waals surface area contributed by atoms with E-state index in [0.717, 1.165) is 27.1 Å². The van der Waals surface area contributed by atoms with Crippen molar-refractivity contribution in [1.29, 1.82) is 0 Å². The first-order valence-corrected chi connectivity index (χ1v) is 9.98. The lowest BCUT2D eigenvalue weighted by Gasteiger charge is -2.18. The molecule has 4 rings (SSSR count). The molecule has 0 fully saturated rings. The van der Waals surface area contributed by atoms with Gasteiger partial charge in [-0.05, 0) is 42.8 Å². The number of thiophene rings is 1. The van der Waals surface area contributed by atoms with Gasteiger partial charge in [-0.3, -0.25) is 24.8 Å². The molecule has 3 aromatic heterocycles. The number of anilines is 1. The number of fused-ring (bicyclic) bond motifs is 1. The third-order valence-corrected chi connectivity index (χ3v) is 6.10. The normalized spacial score (nSPS) is 10.9. The van der Waals surface area contributed by atoms with E-state index in [1.165, 1.54) is 28.4 Å². The van der Waals surface area contributed by atoms with Gasteiger partial charge in [-0.15, -0.1) is 0 Å². The van der Waals surface area contributed by atoms with Crippen LogP contribution in [0.3, 0.4) is 0 Å². The Hall–Kier alpha value is -3.17. The highest BCUT2D eigenvalue weighted by Crippen LogP contribution is 2.33. The molecule has 0 unspecified atom stereocenters. The van der Waals surface area contributed by atoms with Crippen molar-refractivity contribution >= 4 is 48.9 Å². The number of pyridine rings is 1. The molecular weight excluding hydrogens is 396 g/mol. The van der Waals surface area contributed by atoms with E-state index < -0.39 is 4.92 Å². The monoisotopic (exact) mass is 410 g/mol. The Labute approximate surface area is 168 Å². The minimum Gasteiger partial charge on any atom is -0.277 e. The van der Waals surface area contributed by atoms with Crippen LogP contribution in [-0.4, -0.2) is 20.8 Å². The van der Waals surface area contributed by atoms with Crippen LogP contribution in [0.1, 0.15) is 20.9 Å². The minimum absolute atomic E-state index is 0.0685. The van der Waals surface area contributed by atoms with Gasteiger partial charge in [0.25, 0.3) is 5.91 Å². The van der Waals surface area contributed by atoms with Crippen molar-refractivity contribution in [3.63, 3.8) is 0 Å². The summed E-state index contributed by atoms with van der Waals surface area (Å²) in [4.78, 5) is 34.4. The molecule has 0 aliphatic rings. The first-order valence-electron chi connectivity index (χ1n) is 8.34. The molecule has 4 aromatic rings. The topological polar surface area (TPSA) is 89.2 Å². The third kappa shape index (κ3) is 3.62. The van der Waals surface area contributed by atoms with Gasteiger partial charge in [-0.1, -0.05) is 34.8 Å². The van der Waals surface area contributed by atoms with Crippen molar-refractivity contribution < 1.29 is 9.72 Å². The predicted octanol–water partition coefficient (Wildman–Crippen LogP) is 4.82. The summed E-state index contributed by atoms with van der Waals surface area (Å²) < 4.78 is 0.978. The number of nitrogens with zero attached hydrogens (tertiary/aromatic N) is 4. The molecule has 1 amide bonds. The first-order chi connectivity index (χ1) is 13.5. The lowest BCUT2D eigenvalue weighted by atomic mass is 10.2. The van der Waals surface area contributed by atoms with Crippen LogP contribution in [-0.2, 0) is 6.54 Å². The van der Waals surface area contributed by atoms with Crippen molar-refractivity contribution in [2.24, 2.45) is 0 Å². The highest BCUT2D eigenvalue weighted by molar-refractivity contribution is 7.22. The smallest absolute Gasteiger partial charge is 0.277 e. The lowest BCUT2D eigenvalue weighted by Crippen LogP contribution is -2.30. The number of nitro groups is 1. The molecule has 0 aliphatic carbocycles. The second kappa shape index (κ2) is 7.45. The second-order valence-corrected chi connectivity index (χ2v) is 8.15. The van der Waals surface area contributed by atoms with Crippen LogP contribution in [0.5, 0.6) is 0 Å². The number of amides is 1. The summed E-state index contributed by atoms with van der Waals surface area (Å²) in [6.45, 7) is 2.23. The van der Waals surface area contributed by atoms with Gasteiger partial charge < -0.3 is 0 Å². The molecule has 3 heterocycles. The SMILES string of the molecule is Cc1ccc2nc(N(Cc3ccccn3)C(=O)c3ccc([N+](=O)[O-])s3)sc2c1. The van der Waals surface area contributed by atoms with Crippen molar-refractivity contribution in [3.05, 3.63) is 81.0 Å². The minimum atomic E-state index is -0.495. The van der Waals surface area contributed by atoms with Crippen LogP contribution in [0, 0.1) is 17.0 Å². The number of aryl methyl sites for hydroxylation is 1. The highest BCUT2D eigenvalue weighted by Gasteiger charge is 2.25. The fraction of sp³-hybridized carbons (Fsp3) is 0.105. The summed E-state index contributed by atoms with van der Waals surface area (Å²) in [5.41, 5.74) is 2.62. The molecule has 0 radical (unpaired) electrons. The van der Waals surface area contributed by atoms with Crippen LogP contribution in [0.15, 0.2) is 54.7 Å². The zero-order chi connectivity index (χ0) is 19.7. The molecule has 0 N–H and O–H groups in total. The third-order valence-electron chi connectivity index (χ3n) is 4.04. The molecule has 9 heteroatoms. The lowest BCUT2D eigenvalue weighted by molar-refractivity contribution is -0.380. The molecule has 140 valence electrons. The number of thiazole rings is 1. The maximum Gasteiger partial charge on any atom is 0.324 e. The standard InChI is InChI=1S/C19H14N4O3S2/c1-12-5-6-14-16(10-12)28-19(21-14)22(11-13-4-2-3-9-20-13)18(24)15-7-8-17(27-15)23(25)26/h2-10H,11H2,1H3. The molecule has 7 nitrogen and oxygen atoms in total. The fourth-order valence-corrected chi connectivity index (χ4v) is 4.52. The van der Waals surface area contributed by atoms with E-state index in [1.807, 2.05) is 37.3 Å². The van der Waals surface area contributed by atoms with Crippen LogP contribution >= 0.6 is 22.7 Å². The van der Waals surface area contributed by atoms with E-state index in [2.05, 4.69) is 9.97 Å². The van der Waals surface area contributed by atoms with Crippen LogP contribution in [0.4, 0.5) is 10.1 Å². The van der Waals surface area contributed by atoms with E-state index in [9.17, 15) is 14.9 Å². The fourth-order valence-electron chi connectivity index (χ4n) is 2.69. The molecule has 0 saturated carbocycles. The van der Waals surface area contributed by atoms with Gasteiger partial charge in [0.1, 0.15) is 0 Å². The molecule has 0 saturated heterocycles. The average molecular weight is 410 g/mol. The van der Waals surface area contributed by atoms with E-state index in [4.69, 9.17) is 0 Å². The quantitative estimate of drug-likeness (QED) is 0.348. The number of benzene rings is 1. The van der Waals surface area contributed by atoms with Gasteiger partial charge in [0.05, 0.1) is 32.3 Å². The molecule has 1 aromatic carbocycles. The van der Waals surface area contributed by atoms with Gasteiger partial charge in [-0.2, -0.15) is 0 Å². The molecule has 0 atom stereocenters. The average Bonchev–Trinajstić information content (AvgIpc) is 3.33. The molecule has 28 heavy (non-hydrogen) atoms. The molecule has 0 aliphatic heterocycles. The Kier molecular flexibility index (Phi) is 4.84. The van der Waals surface area contributed by atoms with Crippen LogP contribution in [0.25, 0.3) is 10.2 Å². The Morgan fingerprint density at radius 1 is 1.18 bits per heavy atom. The second-order valence-electron chi connectivity index (χ2n) is 6.07. The summed E-state index contributed by atoms with van der Waals surface area (Å²) in [6, 6.07) is 14.2. The molecule has 0 spiro atoms. The van der Waals surface area contributed by atoms with E-state index >= 15 is 0 Å². The molecular formula is C19H14N4O3S2. The van der Waals surface area contributed by atoms with E-state index in [-0.39, 0.29) is 22.3 Å². The maximum atomic E-state index is 13.2. The number of hydrogen-bond acceptors (Lipinski definition) is 7. The van der Waals surface area contributed by atoms with Crippen LogP contribution < -0.4 is 4.90 Å². The summed E-state index contributed by atoms with van der Waals surface area (Å²) in [7, 11) is 0. The number of carbonyl (C=O) groups excluding carboxylic acids is 1. The summed E-state index contributed by atoms with van der Waals surface area (Å²) in [5, 5.41) is 11.5. The summed E-state index contributed by atoms with van der Waals surface area (Å²) in [5.74, 6) is -0.334. The number of aromatic nitrogens is 2. The summed E-state index contributed by atoms with van der Waals surface area (Å²) in [6.07, 6.45) is 1.66. The van der Waals surface area contributed by atoms with Crippen LogP contribution in [0.2, 0.25) is 0 Å². The maximum absolute atomic E-state index is 13.2. The van der Waals surface area contributed by atoms with Crippen molar-refractivity contribution in [3.8, 4) is 0 Å². The first kappa shape index (κ1) is 18.2. The number of hydrogen-bond donors (Lipinski definition) is 0. The number of carbonyl (C=O) groups is 1. The van der Waals surface area contributed by atoms with Gasteiger partial charge in [0.2, 0.25) is 0 Å². The van der Waals surface area contributed by atoms with Gasteiger partial charge in [0.15, 0.2) is 5.13 Å². The number of rotatable bonds is 5. The highest BCUT2D eigenvalue weighted by atomic mass is 32.1. The Balaban J connectivity index is 1.75. The van der Waals surface area contributed by atoms with Crippen molar-refractivity contribution in [1.82, 2.24) is 9.97 Å². The largest absolute Gasteiger partial charge is 0.324 e. The van der Waals surface area contributed by atoms with Gasteiger partial charge in [-0.25, -0.2) is 4.98 Å². The predicted molar refractivity (Wildman–Crippen MR) is 110 cm³/mol. The van der Waals surface area contributed by atoms with E-state index in [1.54, 1.807) is 12.3 Å². The Bertz CT molecular complexity index is 1170. The van der Waals surface area contributed by atoms with Crippen molar-refractivity contribution in [2.45, 2.75) is 13.5 Å². The zero-order valence-corrected chi connectivity index (χ0v) is 16.4. The van der Waals surface area contributed by atoms with Gasteiger partial charge >= 0.3 is 5.00 Å². The molecule has 0 bridgehead atoms. The van der Waals surface area contributed by atoms with Gasteiger partial charge in [0, 0.05) is 12.3 Å². The summed E-state index contributed by atoms with van der Waals surface area (Å²) >= 11 is 2.27. The van der Waals surface area contributed by atoms with E-state index in [0.29, 0.717) is 10.8 Å². The Morgan fingerprint density at radius 2 is 2.04 bits per heavy atom. The zero-order valence-electron chi connectivity index (χ0n) is 14.7.